The van der Waals surface area contributed by atoms with Crippen LogP contribution in [0.25, 0.3) is 0 Å². The maximum Gasteiger partial charge on any atom is 0.423 e. The Hall–Kier alpha value is -1.26. The second kappa shape index (κ2) is 7.14. The molecule has 0 heterocycles. The molecule has 0 spiro atoms. The maximum absolute atomic E-state index is 11.5. The molecule has 17 heavy (non-hydrogen) atoms. The quantitative estimate of drug-likeness (QED) is 0.441. The molecular weight excluding hydrogens is 246 g/mol. The molecule has 0 radical (unpaired) electrons. The van der Waals surface area contributed by atoms with Gasteiger partial charge in [-0.25, -0.2) is 17.5 Å². The number of terminal acetylenes is 1. The summed E-state index contributed by atoms with van der Waals surface area (Å²) in [5.41, 5.74) is -0.750. The first-order chi connectivity index (χ1) is 7.78. The Morgan fingerprint density at radius 3 is 2.41 bits per heavy atom. The lowest BCUT2D eigenvalue weighted by Gasteiger charge is -2.23. The van der Waals surface area contributed by atoms with Gasteiger partial charge >= 0.3 is 6.09 Å². The average molecular weight is 263 g/mol. The van der Waals surface area contributed by atoms with E-state index in [1.54, 1.807) is 20.8 Å². The molecule has 0 aliphatic heterocycles. The van der Waals surface area contributed by atoms with Gasteiger partial charge in [-0.15, -0.1) is 6.42 Å². The number of amides is 1. The summed E-state index contributed by atoms with van der Waals surface area (Å²) in [7, 11) is -3.05. The number of hydrogen-bond donors (Lipinski definition) is 1. The van der Waals surface area contributed by atoms with Gasteiger partial charge in [0.05, 0.1) is 13.2 Å². The highest BCUT2D eigenvalue weighted by atomic mass is 32.2. The van der Waals surface area contributed by atoms with Gasteiger partial charge in [-0.05, 0) is 20.8 Å². The highest BCUT2D eigenvalue weighted by Gasteiger charge is 2.23. The smallest absolute Gasteiger partial charge is 0.423 e. The highest BCUT2D eigenvalue weighted by molar-refractivity contribution is 7.70. The summed E-state index contributed by atoms with van der Waals surface area (Å²) >= 11 is 0. The Morgan fingerprint density at radius 2 is 2.00 bits per heavy atom. The van der Waals surface area contributed by atoms with Crippen molar-refractivity contribution in [2.75, 3.05) is 19.8 Å². The Bertz CT molecular complexity index is 356. The van der Waals surface area contributed by atoms with Crippen LogP contribution in [-0.4, -0.2) is 44.2 Å². The van der Waals surface area contributed by atoms with Crippen LogP contribution in [0.15, 0.2) is 0 Å². The van der Waals surface area contributed by atoms with Crippen LogP contribution in [0, 0.1) is 12.3 Å². The zero-order chi connectivity index (χ0) is 13.5. The van der Waals surface area contributed by atoms with Crippen LogP contribution in [0.4, 0.5) is 4.79 Å². The van der Waals surface area contributed by atoms with Crippen LogP contribution in [-0.2, 0) is 20.4 Å². The van der Waals surface area contributed by atoms with Crippen LogP contribution >= 0.6 is 0 Å². The number of hydrogen-bond acceptors (Lipinski definition) is 5. The van der Waals surface area contributed by atoms with Gasteiger partial charge in [-0.3, -0.25) is 0 Å². The van der Waals surface area contributed by atoms with Crippen molar-refractivity contribution in [3.05, 3.63) is 0 Å². The van der Waals surface area contributed by atoms with Gasteiger partial charge in [0.25, 0.3) is 0 Å². The number of carbonyl (C=O) groups is 1. The van der Waals surface area contributed by atoms with Crippen molar-refractivity contribution in [2.24, 2.45) is 0 Å². The molecule has 7 heteroatoms. The molecule has 6 nitrogen and oxygen atoms in total. The summed E-state index contributed by atoms with van der Waals surface area (Å²) in [5.74, 6) is 2.23. The molecule has 0 aromatic heterocycles. The molecule has 1 amide bonds. The third-order valence-corrected chi connectivity index (χ3v) is 2.19. The molecule has 98 valence electrons. The van der Waals surface area contributed by atoms with E-state index in [1.165, 1.54) is 0 Å². The maximum atomic E-state index is 11.5. The van der Waals surface area contributed by atoms with Gasteiger partial charge < -0.3 is 9.47 Å². The van der Waals surface area contributed by atoms with Crippen molar-refractivity contribution >= 4 is 17.0 Å². The van der Waals surface area contributed by atoms with Crippen molar-refractivity contribution in [3.8, 4) is 12.3 Å². The molecule has 0 aromatic rings. The molecule has 0 fully saturated rings. The highest BCUT2D eigenvalue weighted by Crippen LogP contribution is 2.09. The Balaban J connectivity index is 4.34. The first-order valence-corrected chi connectivity index (χ1v) is 6.07. The fourth-order valence-corrected chi connectivity index (χ4v) is 1.26. The predicted molar refractivity (Wildman–Crippen MR) is 62.9 cm³/mol. The molecule has 0 rings (SSSR count). The Kier molecular flexibility index (Phi) is 6.61. The summed E-state index contributed by atoms with van der Waals surface area (Å²) in [6.45, 7) is 4.93. The first kappa shape index (κ1) is 15.7. The van der Waals surface area contributed by atoms with Crippen molar-refractivity contribution in [3.63, 3.8) is 0 Å². The second-order valence-electron chi connectivity index (χ2n) is 4.10. The van der Waals surface area contributed by atoms with E-state index in [9.17, 15) is 13.2 Å². The monoisotopic (exact) mass is 263 g/mol. The van der Waals surface area contributed by atoms with Gasteiger partial charge in [0.2, 0.25) is 10.9 Å². The molecule has 0 atom stereocenters. The molecule has 0 bridgehead atoms. The second-order valence-corrected chi connectivity index (χ2v) is 5.06. The molecule has 0 saturated heterocycles. The lowest BCUT2D eigenvalue weighted by atomic mass is 10.2. The largest absolute Gasteiger partial charge is 0.443 e. The topological polar surface area (TPSA) is 72.9 Å². The van der Waals surface area contributed by atoms with Gasteiger partial charge in [0.15, 0.2) is 0 Å². The third-order valence-electron chi connectivity index (χ3n) is 1.43. The zero-order valence-corrected chi connectivity index (χ0v) is 11.0. The van der Waals surface area contributed by atoms with E-state index in [0.29, 0.717) is 4.31 Å². The van der Waals surface area contributed by atoms with E-state index < -0.39 is 22.6 Å². The molecule has 0 unspecified atom stereocenters. The van der Waals surface area contributed by atoms with Crippen LogP contribution in [0.5, 0.6) is 0 Å². The van der Waals surface area contributed by atoms with Gasteiger partial charge in [0.1, 0.15) is 12.2 Å². The zero-order valence-electron chi connectivity index (χ0n) is 10.1. The SMILES string of the molecule is C#CCOCCN(C(=O)OC(C)(C)C)[SH](=O)=O. The van der Waals surface area contributed by atoms with E-state index in [4.69, 9.17) is 15.9 Å². The molecule has 0 N–H and O–H groups in total. The number of ether oxygens (including phenoxy) is 2. The van der Waals surface area contributed by atoms with Crippen LogP contribution in [0.1, 0.15) is 20.8 Å². The lowest BCUT2D eigenvalue weighted by Crippen LogP contribution is -2.37. The van der Waals surface area contributed by atoms with Gasteiger partial charge in [0, 0.05) is 0 Å². The van der Waals surface area contributed by atoms with E-state index in [-0.39, 0.29) is 19.8 Å². The van der Waals surface area contributed by atoms with Crippen LogP contribution in [0.3, 0.4) is 0 Å². The summed E-state index contributed by atoms with van der Waals surface area (Å²) in [6, 6.07) is 0. The molecular formula is C10H17NO5S. The number of thiol groups is 1. The minimum Gasteiger partial charge on any atom is -0.443 e. The average Bonchev–Trinajstić information content (AvgIpc) is 2.14. The number of carbonyl (C=O) groups excluding carboxylic acids is 1. The Labute approximate surface area is 103 Å². The van der Waals surface area contributed by atoms with E-state index in [2.05, 4.69) is 5.92 Å². The third kappa shape index (κ3) is 7.60. The minimum absolute atomic E-state index is 0.0345. The number of rotatable bonds is 5. The first-order valence-electron chi connectivity index (χ1n) is 4.94. The minimum atomic E-state index is -3.05. The summed E-state index contributed by atoms with van der Waals surface area (Å²) < 4.78 is 32.1. The van der Waals surface area contributed by atoms with Crippen LogP contribution in [0.2, 0.25) is 0 Å². The fourth-order valence-electron chi connectivity index (χ4n) is 0.836. The van der Waals surface area contributed by atoms with Crippen LogP contribution < -0.4 is 0 Å². The summed E-state index contributed by atoms with van der Waals surface area (Å²) in [4.78, 5) is 11.5. The van der Waals surface area contributed by atoms with Crippen molar-refractivity contribution in [2.45, 2.75) is 26.4 Å². The number of nitrogens with zero attached hydrogens (tertiary/aromatic N) is 1. The molecule has 0 aliphatic rings. The van der Waals surface area contributed by atoms with Crippen molar-refractivity contribution in [1.29, 1.82) is 0 Å². The molecule has 0 saturated carbocycles. The molecule has 0 aliphatic carbocycles. The summed E-state index contributed by atoms with van der Waals surface area (Å²) in [6.07, 6.45) is 4.03. The Morgan fingerprint density at radius 1 is 1.41 bits per heavy atom. The molecule has 0 aromatic carbocycles. The van der Waals surface area contributed by atoms with Crippen molar-refractivity contribution < 1.29 is 22.7 Å². The van der Waals surface area contributed by atoms with E-state index in [1.807, 2.05) is 0 Å². The normalized spacial score (nSPS) is 11.0. The fraction of sp³-hybridized carbons (Fsp3) is 0.700. The van der Waals surface area contributed by atoms with Gasteiger partial charge in [-0.1, -0.05) is 5.92 Å². The van der Waals surface area contributed by atoms with Gasteiger partial charge in [-0.2, -0.15) is 0 Å². The summed E-state index contributed by atoms with van der Waals surface area (Å²) in [5, 5.41) is 0. The van der Waals surface area contributed by atoms with Crippen molar-refractivity contribution in [1.82, 2.24) is 4.31 Å². The van der Waals surface area contributed by atoms with E-state index >= 15 is 0 Å². The predicted octanol–water partition coefficient (Wildman–Crippen LogP) is 0.400. The standard InChI is InChI=1S/C10H17NO5S/c1-5-7-15-8-6-11(17(13)14)9(12)16-10(2,3)4/h1,17H,6-8H2,2-4H3. The lowest BCUT2D eigenvalue weighted by molar-refractivity contribution is 0.0357. The van der Waals surface area contributed by atoms with E-state index in [0.717, 1.165) is 0 Å².